The van der Waals surface area contributed by atoms with Gasteiger partial charge in [-0.15, -0.1) is 24.0 Å². The lowest BCUT2D eigenvalue weighted by molar-refractivity contribution is 0.273. The molecule has 0 radical (unpaired) electrons. The van der Waals surface area contributed by atoms with Crippen LogP contribution < -0.4 is 5.32 Å². The molecule has 21 heavy (non-hydrogen) atoms. The van der Waals surface area contributed by atoms with Gasteiger partial charge in [-0.25, -0.2) is 0 Å². The van der Waals surface area contributed by atoms with Crippen LogP contribution in [-0.2, 0) is 0 Å². The van der Waals surface area contributed by atoms with E-state index in [1.54, 1.807) is 0 Å². The predicted octanol–water partition coefficient (Wildman–Crippen LogP) is 2.79. The number of likely N-dealkylation sites (N-methyl/N-ethyl adjacent to an activating group) is 1. The minimum absolute atomic E-state index is 0. The molecule has 0 aromatic rings. The SMILES string of the molecule is CCC1(CC)CCN(C(=NC)NCC2CCCN2C)C1.I. The van der Waals surface area contributed by atoms with E-state index in [-0.39, 0.29) is 24.0 Å². The quantitative estimate of drug-likeness (QED) is 0.441. The summed E-state index contributed by atoms with van der Waals surface area (Å²) in [5.41, 5.74) is 0.516. The van der Waals surface area contributed by atoms with E-state index in [4.69, 9.17) is 0 Å². The van der Waals surface area contributed by atoms with E-state index < -0.39 is 0 Å². The topological polar surface area (TPSA) is 30.9 Å². The number of rotatable bonds is 4. The van der Waals surface area contributed by atoms with Gasteiger partial charge in [0, 0.05) is 32.7 Å². The third kappa shape index (κ3) is 4.47. The fourth-order valence-electron chi connectivity index (χ4n) is 3.72. The summed E-state index contributed by atoms with van der Waals surface area (Å²) in [5, 5.41) is 3.60. The highest BCUT2D eigenvalue weighted by Gasteiger charge is 2.36. The first-order chi connectivity index (χ1) is 9.64. The van der Waals surface area contributed by atoms with E-state index in [1.165, 1.54) is 45.2 Å². The first kappa shape index (κ1) is 19.0. The van der Waals surface area contributed by atoms with E-state index in [2.05, 4.69) is 41.0 Å². The highest BCUT2D eigenvalue weighted by atomic mass is 127. The van der Waals surface area contributed by atoms with Crippen molar-refractivity contribution in [3.63, 3.8) is 0 Å². The normalized spacial score (nSPS) is 26.0. The molecular formula is C16H33IN4. The molecule has 1 atom stereocenters. The molecule has 2 saturated heterocycles. The molecule has 0 aromatic heterocycles. The summed E-state index contributed by atoms with van der Waals surface area (Å²) in [5.74, 6) is 1.11. The van der Waals surface area contributed by atoms with Crippen LogP contribution in [0.2, 0.25) is 0 Å². The van der Waals surface area contributed by atoms with Crippen LogP contribution >= 0.6 is 24.0 Å². The van der Waals surface area contributed by atoms with E-state index >= 15 is 0 Å². The summed E-state index contributed by atoms with van der Waals surface area (Å²) in [6, 6.07) is 0.677. The summed E-state index contributed by atoms with van der Waals surface area (Å²) >= 11 is 0. The Balaban J connectivity index is 0.00000220. The van der Waals surface area contributed by atoms with Crippen LogP contribution in [0.25, 0.3) is 0 Å². The highest BCUT2D eigenvalue weighted by molar-refractivity contribution is 14.0. The van der Waals surface area contributed by atoms with Crippen LogP contribution in [-0.4, -0.2) is 62.1 Å². The summed E-state index contributed by atoms with van der Waals surface area (Å²) in [6.07, 6.45) is 6.52. The molecule has 1 N–H and O–H groups in total. The summed E-state index contributed by atoms with van der Waals surface area (Å²) in [7, 11) is 4.15. The van der Waals surface area contributed by atoms with Gasteiger partial charge in [-0.05, 0) is 51.1 Å². The lowest BCUT2D eigenvalue weighted by Crippen LogP contribution is -2.45. The molecule has 1 unspecified atom stereocenters. The number of nitrogens with zero attached hydrogens (tertiary/aromatic N) is 3. The van der Waals surface area contributed by atoms with Crippen molar-refractivity contribution >= 4 is 29.9 Å². The second kappa shape index (κ2) is 8.56. The molecule has 124 valence electrons. The van der Waals surface area contributed by atoms with Crippen molar-refractivity contribution < 1.29 is 0 Å². The molecule has 4 nitrogen and oxygen atoms in total. The molecule has 2 aliphatic heterocycles. The summed E-state index contributed by atoms with van der Waals surface area (Å²) in [6.45, 7) is 9.25. The largest absolute Gasteiger partial charge is 0.355 e. The first-order valence-electron chi connectivity index (χ1n) is 8.30. The maximum atomic E-state index is 4.50. The van der Waals surface area contributed by atoms with Crippen LogP contribution in [0.4, 0.5) is 0 Å². The number of likely N-dealkylation sites (tertiary alicyclic amines) is 2. The number of nitrogens with one attached hydrogen (secondary N) is 1. The maximum absolute atomic E-state index is 4.50. The standard InChI is InChI=1S/C16H32N4.HI/c1-5-16(6-2)9-11-20(13-16)15(17-3)18-12-14-8-7-10-19(14)4;/h14H,5-13H2,1-4H3,(H,17,18);1H. The fourth-order valence-corrected chi connectivity index (χ4v) is 3.72. The molecule has 0 saturated carbocycles. The minimum atomic E-state index is 0. The molecule has 5 heteroatoms. The summed E-state index contributed by atoms with van der Waals surface area (Å²) < 4.78 is 0. The van der Waals surface area contributed by atoms with E-state index in [1.807, 2.05) is 7.05 Å². The molecule has 0 bridgehead atoms. The second-order valence-electron chi connectivity index (χ2n) is 6.58. The Labute approximate surface area is 147 Å². The van der Waals surface area contributed by atoms with E-state index in [9.17, 15) is 0 Å². The highest BCUT2D eigenvalue weighted by Crippen LogP contribution is 2.36. The Kier molecular flexibility index (Phi) is 7.74. The predicted molar refractivity (Wildman–Crippen MR) is 102 cm³/mol. The van der Waals surface area contributed by atoms with Crippen LogP contribution in [0.5, 0.6) is 0 Å². The molecule has 2 rings (SSSR count). The lowest BCUT2D eigenvalue weighted by Gasteiger charge is -2.29. The fraction of sp³-hybridized carbons (Fsp3) is 0.938. The molecule has 0 aliphatic carbocycles. The molecule has 0 aromatic carbocycles. The van der Waals surface area contributed by atoms with Gasteiger partial charge < -0.3 is 15.1 Å². The van der Waals surface area contributed by atoms with Crippen molar-refractivity contribution in [3.8, 4) is 0 Å². The van der Waals surface area contributed by atoms with Crippen molar-refractivity contribution in [2.24, 2.45) is 10.4 Å². The summed E-state index contributed by atoms with van der Waals surface area (Å²) in [4.78, 5) is 9.43. The molecule has 2 heterocycles. The van der Waals surface area contributed by atoms with Crippen LogP contribution in [0.15, 0.2) is 4.99 Å². The van der Waals surface area contributed by atoms with Gasteiger partial charge >= 0.3 is 0 Å². The third-order valence-corrected chi connectivity index (χ3v) is 5.62. The minimum Gasteiger partial charge on any atom is -0.355 e. The molecule has 2 aliphatic rings. The van der Waals surface area contributed by atoms with Gasteiger partial charge in [-0.3, -0.25) is 4.99 Å². The average molecular weight is 408 g/mol. The van der Waals surface area contributed by atoms with Crippen molar-refractivity contribution in [2.75, 3.05) is 40.3 Å². The number of guanidine groups is 1. The number of hydrogen-bond acceptors (Lipinski definition) is 2. The third-order valence-electron chi connectivity index (χ3n) is 5.62. The zero-order chi connectivity index (χ0) is 14.6. The first-order valence-corrected chi connectivity index (χ1v) is 8.30. The Morgan fingerprint density at radius 2 is 2.00 bits per heavy atom. The number of halogens is 1. The van der Waals surface area contributed by atoms with Crippen LogP contribution in [0, 0.1) is 5.41 Å². The van der Waals surface area contributed by atoms with Crippen LogP contribution in [0.1, 0.15) is 46.0 Å². The average Bonchev–Trinajstić information content (AvgIpc) is 3.07. The molecule has 2 fully saturated rings. The van der Waals surface area contributed by atoms with Crippen molar-refractivity contribution in [2.45, 2.75) is 52.0 Å². The molecule has 0 spiro atoms. The smallest absolute Gasteiger partial charge is 0.193 e. The van der Waals surface area contributed by atoms with Gasteiger partial charge in [0.15, 0.2) is 5.96 Å². The number of hydrogen-bond donors (Lipinski definition) is 1. The van der Waals surface area contributed by atoms with Gasteiger partial charge in [0.2, 0.25) is 0 Å². The second-order valence-corrected chi connectivity index (χ2v) is 6.58. The molecular weight excluding hydrogens is 375 g/mol. The van der Waals surface area contributed by atoms with E-state index in [0.29, 0.717) is 11.5 Å². The Morgan fingerprint density at radius 1 is 1.29 bits per heavy atom. The van der Waals surface area contributed by atoms with Gasteiger partial charge in [-0.2, -0.15) is 0 Å². The van der Waals surface area contributed by atoms with Gasteiger partial charge in [-0.1, -0.05) is 13.8 Å². The Hall–Kier alpha value is -0.0400. The van der Waals surface area contributed by atoms with Crippen molar-refractivity contribution in [1.82, 2.24) is 15.1 Å². The van der Waals surface area contributed by atoms with Gasteiger partial charge in [0.05, 0.1) is 0 Å². The number of aliphatic imine (C=N–C) groups is 1. The lowest BCUT2D eigenvalue weighted by atomic mass is 9.82. The Morgan fingerprint density at radius 3 is 2.48 bits per heavy atom. The van der Waals surface area contributed by atoms with Gasteiger partial charge in [0.25, 0.3) is 0 Å². The Bertz CT molecular complexity index is 341. The zero-order valence-electron chi connectivity index (χ0n) is 14.2. The maximum Gasteiger partial charge on any atom is 0.193 e. The van der Waals surface area contributed by atoms with Crippen molar-refractivity contribution in [1.29, 1.82) is 0 Å². The zero-order valence-corrected chi connectivity index (χ0v) is 16.5. The van der Waals surface area contributed by atoms with Crippen molar-refractivity contribution in [3.05, 3.63) is 0 Å². The van der Waals surface area contributed by atoms with Gasteiger partial charge in [0.1, 0.15) is 0 Å². The monoisotopic (exact) mass is 408 g/mol. The van der Waals surface area contributed by atoms with E-state index in [0.717, 1.165) is 19.0 Å². The van der Waals surface area contributed by atoms with Crippen LogP contribution in [0.3, 0.4) is 0 Å². The molecule has 0 amide bonds.